The van der Waals surface area contributed by atoms with E-state index in [4.69, 9.17) is 0 Å². The fourth-order valence-corrected chi connectivity index (χ4v) is 5.79. The Labute approximate surface area is 251 Å². The lowest BCUT2D eigenvalue weighted by Gasteiger charge is -2.32. The molecule has 1 fully saturated rings. The molecule has 1 aromatic heterocycles. The third-order valence-electron chi connectivity index (χ3n) is 6.57. The lowest BCUT2D eigenvalue weighted by atomic mass is 10.0. The van der Waals surface area contributed by atoms with E-state index in [1.54, 1.807) is 24.0 Å². The molecule has 8 nitrogen and oxygen atoms in total. The number of amides is 2. The Kier molecular flexibility index (Phi) is 8.86. The number of ether oxygens (including phenoxy) is 1. The quantitative estimate of drug-likeness (QED) is 0.246. The van der Waals surface area contributed by atoms with Crippen LogP contribution < -0.4 is 15.0 Å². The number of nitrogens with one attached hydrogen (secondary N) is 1. The van der Waals surface area contributed by atoms with Crippen LogP contribution in [0.15, 0.2) is 78.2 Å². The van der Waals surface area contributed by atoms with E-state index in [0.29, 0.717) is 16.7 Å². The van der Waals surface area contributed by atoms with Crippen LogP contribution in [0.2, 0.25) is 0 Å². The van der Waals surface area contributed by atoms with Crippen LogP contribution in [0, 0.1) is 20.8 Å². The first kappa shape index (κ1) is 29.9. The summed E-state index contributed by atoms with van der Waals surface area (Å²) in [7, 11) is 0. The second kappa shape index (κ2) is 12.7. The number of hydrogen-bond acceptors (Lipinski definition) is 5. The van der Waals surface area contributed by atoms with Crippen molar-refractivity contribution >= 4 is 34.7 Å². The van der Waals surface area contributed by atoms with E-state index < -0.39 is 12.4 Å². The number of nitrogens with zero attached hydrogens (tertiary/aromatic N) is 5. The fourth-order valence-electron chi connectivity index (χ4n) is 4.85. The summed E-state index contributed by atoms with van der Waals surface area (Å²) in [6, 6.07) is 16.6. The summed E-state index contributed by atoms with van der Waals surface area (Å²) in [5.74, 6) is 1.04. The van der Waals surface area contributed by atoms with Gasteiger partial charge in [-0.2, -0.15) is 4.99 Å². The summed E-state index contributed by atoms with van der Waals surface area (Å²) in [6.07, 6.45) is 1.06. The molecule has 0 bridgehead atoms. The number of anilines is 1. The number of amidine groups is 1. The van der Waals surface area contributed by atoms with E-state index in [9.17, 15) is 18.0 Å². The molecule has 1 saturated heterocycles. The molecule has 0 atom stereocenters. The fraction of sp³-hybridized carbons (Fsp3) is 0.226. The lowest BCUT2D eigenvalue weighted by molar-refractivity contribution is -0.274. The number of carbonyl (C=O) groups excluding carboxylic acids is 1. The number of aliphatic imine (C=N–C) groups is 1. The first-order chi connectivity index (χ1) is 20.6. The topological polar surface area (TPSA) is 84.6 Å². The smallest absolute Gasteiger partial charge is 0.406 e. The maximum absolute atomic E-state index is 12.7. The standard InChI is InChI=1S/C31H29F3N6O2S/c1-20-17-21(2)27(22(3)18-20)39-15-4-16-43-30(39)37-29(41)35-14-13-23-5-7-24(8-6-23)28-36-19-40(38-28)25-9-11-26(12-10-25)42-31(32,33)34/h5-14,17-19H,4,15-16H2,1-3H3,(H,35,41)/b14-13+,37-30?. The molecule has 3 aromatic carbocycles. The van der Waals surface area contributed by atoms with E-state index in [-0.39, 0.29) is 5.75 Å². The molecule has 1 aliphatic heterocycles. The van der Waals surface area contributed by atoms with Gasteiger partial charge in [-0.25, -0.2) is 14.5 Å². The summed E-state index contributed by atoms with van der Waals surface area (Å²) in [5, 5.41) is 7.83. The van der Waals surface area contributed by atoms with Crippen LogP contribution >= 0.6 is 11.8 Å². The number of alkyl halides is 3. The molecule has 1 N–H and O–H groups in total. The highest BCUT2D eigenvalue weighted by atomic mass is 32.2. The molecule has 12 heteroatoms. The van der Waals surface area contributed by atoms with Gasteiger partial charge in [0.15, 0.2) is 11.0 Å². The number of hydrogen-bond donors (Lipinski definition) is 1. The average molecular weight is 607 g/mol. The van der Waals surface area contributed by atoms with Gasteiger partial charge in [0.1, 0.15) is 12.1 Å². The number of urea groups is 1. The zero-order valence-electron chi connectivity index (χ0n) is 23.7. The van der Waals surface area contributed by atoms with Crippen molar-refractivity contribution in [3.63, 3.8) is 0 Å². The minimum atomic E-state index is -4.75. The highest BCUT2D eigenvalue weighted by Crippen LogP contribution is 2.32. The van der Waals surface area contributed by atoms with Crippen LogP contribution in [0.25, 0.3) is 23.2 Å². The first-order valence-corrected chi connectivity index (χ1v) is 14.5. The monoisotopic (exact) mass is 606 g/mol. The number of carbonyl (C=O) groups is 1. The molecule has 0 spiro atoms. The molecule has 2 heterocycles. The molecule has 4 aromatic rings. The molecule has 2 amide bonds. The third-order valence-corrected chi connectivity index (χ3v) is 7.63. The predicted octanol–water partition coefficient (Wildman–Crippen LogP) is 7.44. The number of benzene rings is 3. The lowest BCUT2D eigenvalue weighted by Crippen LogP contribution is -2.36. The first-order valence-electron chi connectivity index (χ1n) is 13.5. The zero-order valence-corrected chi connectivity index (χ0v) is 24.5. The molecule has 222 valence electrons. The van der Waals surface area contributed by atoms with Crippen molar-refractivity contribution in [3.8, 4) is 22.8 Å². The van der Waals surface area contributed by atoms with Crippen LogP contribution in [0.5, 0.6) is 5.75 Å². The summed E-state index contributed by atoms with van der Waals surface area (Å²) in [5.41, 5.74) is 6.75. The van der Waals surface area contributed by atoms with Crippen molar-refractivity contribution in [3.05, 3.63) is 95.4 Å². The summed E-state index contributed by atoms with van der Waals surface area (Å²) in [6.45, 7) is 7.05. The Hall–Kier alpha value is -4.58. The highest BCUT2D eigenvalue weighted by molar-refractivity contribution is 8.14. The van der Waals surface area contributed by atoms with E-state index in [2.05, 4.69) is 62.9 Å². The van der Waals surface area contributed by atoms with Crippen LogP contribution in [0.3, 0.4) is 0 Å². The Balaban J connectivity index is 1.20. The van der Waals surface area contributed by atoms with Gasteiger partial charge in [-0.3, -0.25) is 0 Å². The molecule has 0 aliphatic carbocycles. The largest absolute Gasteiger partial charge is 0.573 e. The van der Waals surface area contributed by atoms with Crippen LogP contribution in [0.4, 0.5) is 23.7 Å². The van der Waals surface area contributed by atoms with Gasteiger partial charge in [-0.15, -0.1) is 18.3 Å². The van der Waals surface area contributed by atoms with Gasteiger partial charge in [0.2, 0.25) is 0 Å². The second-order valence-electron chi connectivity index (χ2n) is 9.95. The van der Waals surface area contributed by atoms with Crippen molar-refractivity contribution in [1.82, 2.24) is 20.1 Å². The zero-order chi connectivity index (χ0) is 30.6. The summed E-state index contributed by atoms with van der Waals surface area (Å²) < 4.78 is 42.5. The van der Waals surface area contributed by atoms with E-state index in [1.807, 2.05) is 24.3 Å². The van der Waals surface area contributed by atoms with Crippen molar-refractivity contribution in [2.45, 2.75) is 33.6 Å². The van der Waals surface area contributed by atoms with E-state index in [1.165, 1.54) is 40.8 Å². The minimum absolute atomic E-state index is 0.314. The van der Waals surface area contributed by atoms with E-state index in [0.717, 1.165) is 46.7 Å². The summed E-state index contributed by atoms with van der Waals surface area (Å²) >= 11 is 1.58. The molecule has 5 rings (SSSR count). The van der Waals surface area contributed by atoms with Gasteiger partial charge >= 0.3 is 12.4 Å². The van der Waals surface area contributed by atoms with Gasteiger partial charge in [-0.1, -0.05) is 53.7 Å². The number of rotatable bonds is 6. The van der Waals surface area contributed by atoms with Gasteiger partial charge < -0.3 is 15.0 Å². The molecule has 0 radical (unpaired) electrons. The van der Waals surface area contributed by atoms with Crippen LogP contribution in [-0.2, 0) is 0 Å². The number of aryl methyl sites for hydroxylation is 3. The molecular weight excluding hydrogens is 577 g/mol. The maximum Gasteiger partial charge on any atom is 0.573 e. The van der Waals surface area contributed by atoms with Gasteiger partial charge in [0.05, 0.1) is 5.69 Å². The molecule has 0 saturated carbocycles. The normalized spacial score (nSPS) is 14.8. The Morgan fingerprint density at radius 1 is 1.05 bits per heavy atom. The number of aromatic nitrogens is 3. The molecular formula is C31H29F3N6O2S. The number of halogens is 3. The maximum atomic E-state index is 12.7. The average Bonchev–Trinajstić information content (AvgIpc) is 3.44. The summed E-state index contributed by atoms with van der Waals surface area (Å²) in [4.78, 5) is 23.5. The van der Waals surface area contributed by atoms with Crippen molar-refractivity contribution in [1.29, 1.82) is 0 Å². The number of thioether (sulfide) groups is 1. The highest BCUT2D eigenvalue weighted by Gasteiger charge is 2.31. The van der Waals surface area contributed by atoms with Crippen molar-refractivity contribution < 1.29 is 22.7 Å². The van der Waals surface area contributed by atoms with Crippen LogP contribution in [-0.4, -0.2) is 44.6 Å². The van der Waals surface area contributed by atoms with Crippen molar-refractivity contribution in [2.24, 2.45) is 4.99 Å². The van der Waals surface area contributed by atoms with Crippen molar-refractivity contribution in [2.75, 3.05) is 17.2 Å². The molecule has 43 heavy (non-hydrogen) atoms. The Morgan fingerprint density at radius 2 is 1.74 bits per heavy atom. The van der Waals surface area contributed by atoms with Gasteiger partial charge in [0.25, 0.3) is 0 Å². The SMILES string of the molecule is Cc1cc(C)c(N2CCCSC2=NC(=O)N/C=C/c2ccc(-c3ncn(-c4ccc(OC(F)(F)F)cc4)n3)cc2)c(C)c1. The minimum Gasteiger partial charge on any atom is -0.406 e. The second-order valence-corrected chi connectivity index (χ2v) is 11.0. The molecule has 1 aliphatic rings. The van der Waals surface area contributed by atoms with E-state index >= 15 is 0 Å². The molecule has 0 unspecified atom stereocenters. The Bertz CT molecular complexity index is 1640. The van der Waals surface area contributed by atoms with Gasteiger partial charge in [-0.05, 0) is 74.2 Å². The Morgan fingerprint density at radius 3 is 2.42 bits per heavy atom. The third kappa shape index (κ3) is 7.63. The van der Waals surface area contributed by atoms with Gasteiger partial charge in [0, 0.05) is 29.7 Å². The van der Waals surface area contributed by atoms with Crippen LogP contribution in [0.1, 0.15) is 28.7 Å². The predicted molar refractivity (Wildman–Crippen MR) is 164 cm³/mol.